The minimum absolute atomic E-state index is 0.247. The third kappa shape index (κ3) is 4.79. The van der Waals surface area contributed by atoms with Crippen molar-refractivity contribution in [2.75, 3.05) is 57.3 Å². The molecule has 26 heavy (non-hydrogen) atoms. The first-order valence-electron chi connectivity index (χ1n) is 9.84. The van der Waals surface area contributed by atoms with Crippen LogP contribution in [0.3, 0.4) is 0 Å². The van der Waals surface area contributed by atoms with Gasteiger partial charge >= 0.3 is 5.97 Å². The van der Waals surface area contributed by atoms with Crippen LogP contribution in [0.4, 0.5) is 5.69 Å². The number of piperazine rings is 1. The van der Waals surface area contributed by atoms with E-state index in [2.05, 4.69) is 27.3 Å². The van der Waals surface area contributed by atoms with Crippen molar-refractivity contribution < 1.29 is 9.53 Å². The van der Waals surface area contributed by atoms with Gasteiger partial charge in [-0.3, -0.25) is 4.90 Å². The monoisotopic (exact) mass is 357 g/mol. The lowest BCUT2D eigenvalue weighted by atomic mass is 10.1. The summed E-state index contributed by atoms with van der Waals surface area (Å²) < 4.78 is 5.11. The van der Waals surface area contributed by atoms with Crippen molar-refractivity contribution in [1.82, 2.24) is 9.80 Å². The zero-order valence-corrected chi connectivity index (χ0v) is 16.0. The topological polar surface area (TPSA) is 36.0 Å². The predicted octanol–water partition coefficient (Wildman–Crippen LogP) is 2.98. The van der Waals surface area contributed by atoms with E-state index in [1.165, 1.54) is 38.0 Å². The molecule has 1 aromatic carbocycles. The van der Waals surface area contributed by atoms with Crippen molar-refractivity contribution in [1.29, 1.82) is 0 Å². The highest BCUT2D eigenvalue weighted by Crippen LogP contribution is 2.20. The zero-order valence-electron chi connectivity index (χ0n) is 16.0. The zero-order chi connectivity index (χ0) is 18.4. The molecule has 0 saturated carbocycles. The second kappa shape index (κ2) is 9.08. The number of likely N-dealkylation sites (tertiary alicyclic amines) is 1. The van der Waals surface area contributed by atoms with Gasteiger partial charge in [-0.2, -0.15) is 0 Å². The highest BCUT2D eigenvalue weighted by atomic mass is 16.5. The van der Waals surface area contributed by atoms with Gasteiger partial charge in [-0.05, 0) is 51.1 Å². The van der Waals surface area contributed by atoms with Crippen molar-refractivity contribution in [2.24, 2.45) is 0 Å². The fraction of sp³-hybridized carbons (Fsp3) is 0.571. The summed E-state index contributed by atoms with van der Waals surface area (Å²) in [4.78, 5) is 19.2. The second-order valence-corrected chi connectivity index (χ2v) is 7.15. The first kappa shape index (κ1) is 18.8. The predicted molar refractivity (Wildman–Crippen MR) is 106 cm³/mol. The van der Waals surface area contributed by atoms with Crippen molar-refractivity contribution in [3.8, 4) is 0 Å². The van der Waals surface area contributed by atoms with Crippen LogP contribution in [0, 0.1) is 0 Å². The van der Waals surface area contributed by atoms with E-state index in [-0.39, 0.29) is 5.97 Å². The lowest BCUT2D eigenvalue weighted by molar-refractivity contribution is 0.0526. The molecule has 0 aromatic heterocycles. The molecule has 1 aromatic rings. The van der Waals surface area contributed by atoms with Crippen LogP contribution in [0.5, 0.6) is 0 Å². The summed E-state index contributed by atoms with van der Waals surface area (Å²) in [5.74, 6) is -0.247. The van der Waals surface area contributed by atoms with Gasteiger partial charge in [0.05, 0.1) is 12.2 Å². The Morgan fingerprint density at radius 3 is 2.50 bits per heavy atom. The summed E-state index contributed by atoms with van der Waals surface area (Å²) in [5, 5.41) is 0. The average molecular weight is 357 g/mol. The molecule has 0 aliphatic carbocycles. The number of carbonyl (C=O) groups is 1. The number of piperidine rings is 1. The highest BCUT2D eigenvalue weighted by molar-refractivity contribution is 5.90. The molecule has 2 fully saturated rings. The number of hydrogen-bond donors (Lipinski definition) is 0. The quantitative estimate of drug-likeness (QED) is 0.732. The van der Waals surface area contributed by atoms with Crippen LogP contribution in [0.25, 0.3) is 0 Å². The molecular formula is C21H31N3O2. The molecule has 0 spiro atoms. The number of carbonyl (C=O) groups excluding carboxylic acids is 1. The number of anilines is 1. The summed E-state index contributed by atoms with van der Waals surface area (Å²) >= 11 is 0. The average Bonchev–Trinajstić information content (AvgIpc) is 2.69. The smallest absolute Gasteiger partial charge is 0.338 e. The van der Waals surface area contributed by atoms with E-state index in [4.69, 9.17) is 4.74 Å². The van der Waals surface area contributed by atoms with E-state index in [0.717, 1.165) is 38.4 Å². The van der Waals surface area contributed by atoms with Gasteiger partial charge in [0.1, 0.15) is 0 Å². The molecule has 2 aliphatic rings. The number of rotatable bonds is 6. The van der Waals surface area contributed by atoms with Crippen LogP contribution in [-0.4, -0.2) is 68.2 Å². The van der Waals surface area contributed by atoms with Crippen molar-refractivity contribution in [3.63, 3.8) is 0 Å². The van der Waals surface area contributed by atoms with Crippen LogP contribution >= 0.6 is 0 Å². The van der Waals surface area contributed by atoms with Crippen molar-refractivity contribution in [2.45, 2.75) is 26.2 Å². The Morgan fingerprint density at radius 2 is 1.81 bits per heavy atom. The minimum Gasteiger partial charge on any atom is -0.462 e. The molecule has 3 rings (SSSR count). The van der Waals surface area contributed by atoms with E-state index >= 15 is 0 Å². The van der Waals surface area contributed by atoms with Gasteiger partial charge in [0.2, 0.25) is 0 Å². The van der Waals surface area contributed by atoms with E-state index < -0.39 is 0 Å². The Kier molecular flexibility index (Phi) is 6.56. The third-order valence-corrected chi connectivity index (χ3v) is 5.30. The molecule has 2 saturated heterocycles. The number of nitrogens with zero attached hydrogens (tertiary/aromatic N) is 3. The van der Waals surface area contributed by atoms with E-state index in [1.807, 2.05) is 25.1 Å². The maximum atomic E-state index is 11.9. The summed E-state index contributed by atoms with van der Waals surface area (Å²) in [7, 11) is 0. The molecule has 0 unspecified atom stereocenters. The van der Waals surface area contributed by atoms with Gasteiger partial charge in [0.15, 0.2) is 0 Å². The van der Waals surface area contributed by atoms with Gasteiger partial charge in [-0.25, -0.2) is 4.79 Å². The Balaban J connectivity index is 1.52. The third-order valence-electron chi connectivity index (χ3n) is 5.30. The van der Waals surface area contributed by atoms with Crippen LogP contribution in [0.15, 0.2) is 36.5 Å². The van der Waals surface area contributed by atoms with Gasteiger partial charge in [0.25, 0.3) is 0 Å². The standard InChI is InChI=1S/C21H31N3O2/c1-3-26-21(25)19-8-7-9-20(16-19)24-14-12-23(13-15-24)18(2)17-22-10-5-4-6-11-22/h7-9,16H,2-6,10-15,17H2,1H3. The van der Waals surface area contributed by atoms with Crippen LogP contribution in [-0.2, 0) is 4.74 Å². The fourth-order valence-electron chi connectivity index (χ4n) is 3.80. The highest BCUT2D eigenvalue weighted by Gasteiger charge is 2.21. The van der Waals surface area contributed by atoms with Crippen LogP contribution in [0.2, 0.25) is 0 Å². The number of benzene rings is 1. The lowest BCUT2D eigenvalue weighted by Crippen LogP contribution is -2.47. The van der Waals surface area contributed by atoms with Gasteiger partial charge in [-0.1, -0.05) is 19.1 Å². The molecule has 0 radical (unpaired) electrons. The molecule has 0 N–H and O–H groups in total. The molecule has 0 amide bonds. The van der Waals surface area contributed by atoms with Crippen molar-refractivity contribution >= 4 is 11.7 Å². The first-order valence-corrected chi connectivity index (χ1v) is 9.84. The molecular weight excluding hydrogens is 326 g/mol. The van der Waals surface area contributed by atoms with Gasteiger partial charge < -0.3 is 14.5 Å². The molecule has 142 valence electrons. The summed E-state index contributed by atoms with van der Waals surface area (Å²) in [6.45, 7) is 13.8. The Labute approximate surface area is 157 Å². The lowest BCUT2D eigenvalue weighted by Gasteiger charge is -2.40. The molecule has 2 aliphatic heterocycles. The van der Waals surface area contributed by atoms with E-state index in [0.29, 0.717) is 12.2 Å². The number of hydrogen-bond acceptors (Lipinski definition) is 5. The molecule has 2 heterocycles. The Morgan fingerprint density at radius 1 is 1.08 bits per heavy atom. The van der Waals surface area contributed by atoms with Crippen LogP contribution < -0.4 is 4.90 Å². The van der Waals surface area contributed by atoms with E-state index in [1.54, 1.807) is 0 Å². The minimum atomic E-state index is -0.247. The summed E-state index contributed by atoms with van der Waals surface area (Å²) in [5.41, 5.74) is 2.96. The normalized spacial score (nSPS) is 18.7. The van der Waals surface area contributed by atoms with Crippen LogP contribution in [0.1, 0.15) is 36.5 Å². The maximum absolute atomic E-state index is 11.9. The molecule has 5 nitrogen and oxygen atoms in total. The number of esters is 1. The van der Waals surface area contributed by atoms with Gasteiger partial charge in [-0.15, -0.1) is 0 Å². The summed E-state index contributed by atoms with van der Waals surface area (Å²) in [6.07, 6.45) is 4.00. The van der Waals surface area contributed by atoms with Gasteiger partial charge in [0, 0.05) is 44.1 Å². The molecule has 0 atom stereocenters. The fourth-order valence-corrected chi connectivity index (χ4v) is 3.80. The Hall–Kier alpha value is -2.01. The maximum Gasteiger partial charge on any atom is 0.338 e. The SMILES string of the molecule is C=C(CN1CCCCC1)N1CCN(c2cccc(C(=O)OCC)c2)CC1. The largest absolute Gasteiger partial charge is 0.462 e. The van der Waals surface area contributed by atoms with E-state index in [9.17, 15) is 4.79 Å². The molecule has 5 heteroatoms. The molecule has 0 bridgehead atoms. The summed E-state index contributed by atoms with van der Waals surface area (Å²) in [6, 6.07) is 7.76. The Bertz CT molecular complexity index is 617. The second-order valence-electron chi connectivity index (χ2n) is 7.15. The number of ether oxygens (including phenoxy) is 1. The first-order chi connectivity index (χ1) is 12.7. The van der Waals surface area contributed by atoms with Crippen molar-refractivity contribution in [3.05, 3.63) is 42.1 Å².